The van der Waals surface area contributed by atoms with Gasteiger partial charge in [0.15, 0.2) is 0 Å². The van der Waals surface area contributed by atoms with Gasteiger partial charge in [0.2, 0.25) is 0 Å². The zero-order chi connectivity index (χ0) is 23.8. The first-order valence-electron chi connectivity index (χ1n) is 12.6. The number of nitrogens with zero attached hydrogens (tertiary/aromatic N) is 5. The van der Waals surface area contributed by atoms with Crippen molar-refractivity contribution in [3.8, 4) is 5.69 Å². The lowest BCUT2D eigenvalue weighted by Gasteiger charge is -2.30. The minimum Gasteiger partial charge on any atom is -0.381 e. The van der Waals surface area contributed by atoms with Crippen LogP contribution < -0.4 is 0 Å². The van der Waals surface area contributed by atoms with E-state index in [-0.39, 0.29) is 5.82 Å². The molecule has 0 aliphatic carbocycles. The third-order valence-electron chi connectivity index (χ3n) is 7.12. The van der Waals surface area contributed by atoms with E-state index in [9.17, 15) is 4.39 Å². The van der Waals surface area contributed by atoms with E-state index in [4.69, 9.17) is 9.72 Å². The average Bonchev–Trinajstić information content (AvgIpc) is 3.51. The number of rotatable bonds is 7. The fourth-order valence-electron chi connectivity index (χ4n) is 5.33. The summed E-state index contributed by atoms with van der Waals surface area (Å²) in [5.74, 6) is 2.05. The second-order valence-electron chi connectivity index (χ2n) is 10.3. The molecule has 5 rings (SSSR count). The Morgan fingerprint density at radius 1 is 1.18 bits per heavy atom. The number of benzene rings is 1. The molecule has 0 amide bonds. The Morgan fingerprint density at radius 2 is 2.03 bits per heavy atom. The molecular weight excluding hydrogens is 429 g/mol. The van der Waals surface area contributed by atoms with E-state index in [1.54, 1.807) is 6.07 Å². The van der Waals surface area contributed by atoms with Crippen molar-refractivity contribution in [3.63, 3.8) is 0 Å². The van der Waals surface area contributed by atoms with Crippen molar-refractivity contribution in [1.82, 2.24) is 24.2 Å². The van der Waals surface area contributed by atoms with Gasteiger partial charge >= 0.3 is 0 Å². The van der Waals surface area contributed by atoms with Crippen LogP contribution in [0.1, 0.15) is 66.8 Å². The number of aryl methyl sites for hydroxylation is 3. The van der Waals surface area contributed by atoms with Crippen molar-refractivity contribution < 1.29 is 9.13 Å². The highest BCUT2D eigenvalue weighted by atomic mass is 19.1. The lowest BCUT2D eigenvalue weighted by molar-refractivity contribution is 0.189. The number of aromatic nitrogens is 4. The van der Waals surface area contributed by atoms with E-state index in [0.717, 1.165) is 74.7 Å². The molecule has 34 heavy (non-hydrogen) atoms. The van der Waals surface area contributed by atoms with Crippen LogP contribution in [0.4, 0.5) is 4.39 Å². The average molecular weight is 466 g/mol. The van der Waals surface area contributed by atoms with Crippen LogP contribution in [-0.2, 0) is 30.8 Å². The third kappa shape index (κ3) is 4.68. The minimum atomic E-state index is -0.205. The van der Waals surface area contributed by atoms with Crippen LogP contribution in [0, 0.1) is 25.6 Å². The van der Waals surface area contributed by atoms with Gasteiger partial charge in [0, 0.05) is 44.4 Å². The molecule has 2 aliphatic heterocycles. The molecule has 182 valence electrons. The van der Waals surface area contributed by atoms with Gasteiger partial charge in [-0.3, -0.25) is 4.90 Å². The quantitative estimate of drug-likeness (QED) is 0.496. The van der Waals surface area contributed by atoms with Crippen LogP contribution in [0.2, 0.25) is 0 Å². The van der Waals surface area contributed by atoms with Crippen molar-refractivity contribution in [2.24, 2.45) is 5.92 Å². The summed E-state index contributed by atoms with van der Waals surface area (Å²) in [6.45, 7) is 13.5. The predicted octanol–water partition coefficient (Wildman–Crippen LogP) is 4.93. The first-order chi connectivity index (χ1) is 16.4. The summed E-state index contributed by atoms with van der Waals surface area (Å²) in [6.07, 6.45) is 3.20. The lowest BCUT2D eigenvalue weighted by Crippen LogP contribution is -2.34. The van der Waals surface area contributed by atoms with E-state index in [1.807, 2.05) is 24.6 Å². The number of hydrogen-bond donors (Lipinski definition) is 0. The third-order valence-corrected chi connectivity index (χ3v) is 7.12. The maximum Gasteiger partial charge on any atom is 0.123 e. The first-order valence-corrected chi connectivity index (χ1v) is 12.6. The standard InChI is InChI=1S/C27H36FN5O/c1-18(2)5-7-24-26-16-31(10-11-32(26)27(29-24)21-9-12-34-17-21)15-22-14-23(28)6-8-25(22)33-20(4)13-19(3)30-33/h6,8,13-14,18,21H,5,7,9-12,15-17H2,1-4H3. The molecule has 1 unspecified atom stereocenters. The number of fused-ring (bicyclic) bond motifs is 1. The molecule has 1 saturated heterocycles. The minimum absolute atomic E-state index is 0.205. The van der Waals surface area contributed by atoms with E-state index >= 15 is 0 Å². The molecule has 4 heterocycles. The van der Waals surface area contributed by atoms with Gasteiger partial charge in [0.05, 0.1) is 29.4 Å². The SMILES string of the molecule is Cc1cc(C)n(-c2ccc(F)cc2CN2CCn3c(C4CCOC4)nc(CCC(C)C)c3C2)n1. The fraction of sp³-hybridized carbons (Fsp3) is 0.556. The van der Waals surface area contributed by atoms with Gasteiger partial charge in [-0.25, -0.2) is 14.1 Å². The number of halogens is 1. The van der Waals surface area contributed by atoms with Crippen molar-refractivity contribution in [2.45, 2.75) is 72.5 Å². The van der Waals surface area contributed by atoms with Gasteiger partial charge in [-0.15, -0.1) is 0 Å². The van der Waals surface area contributed by atoms with E-state index in [1.165, 1.54) is 23.3 Å². The molecule has 0 N–H and O–H groups in total. The van der Waals surface area contributed by atoms with Crippen LogP contribution in [0.5, 0.6) is 0 Å². The lowest BCUT2D eigenvalue weighted by atomic mass is 10.0. The fourth-order valence-corrected chi connectivity index (χ4v) is 5.33. The summed E-state index contributed by atoms with van der Waals surface area (Å²) < 4.78 is 24.4. The molecule has 0 saturated carbocycles. The topological polar surface area (TPSA) is 48.1 Å². The Labute approximate surface area is 201 Å². The van der Waals surface area contributed by atoms with Gasteiger partial charge in [-0.2, -0.15) is 5.10 Å². The highest BCUT2D eigenvalue weighted by molar-refractivity contribution is 5.42. The second kappa shape index (κ2) is 9.62. The Kier molecular flexibility index (Phi) is 6.58. The Balaban J connectivity index is 1.43. The molecule has 0 radical (unpaired) electrons. The van der Waals surface area contributed by atoms with E-state index in [2.05, 4.69) is 34.5 Å². The second-order valence-corrected chi connectivity index (χ2v) is 10.3. The smallest absolute Gasteiger partial charge is 0.123 e. The van der Waals surface area contributed by atoms with Gasteiger partial charge in [0.25, 0.3) is 0 Å². The van der Waals surface area contributed by atoms with Gasteiger partial charge in [-0.05, 0) is 68.9 Å². The van der Waals surface area contributed by atoms with Gasteiger partial charge in [0.1, 0.15) is 11.6 Å². The van der Waals surface area contributed by atoms with Crippen LogP contribution >= 0.6 is 0 Å². The van der Waals surface area contributed by atoms with Crippen LogP contribution in [0.25, 0.3) is 5.69 Å². The van der Waals surface area contributed by atoms with E-state index < -0.39 is 0 Å². The zero-order valence-corrected chi connectivity index (χ0v) is 20.9. The van der Waals surface area contributed by atoms with Crippen molar-refractivity contribution in [3.05, 3.63) is 64.2 Å². The summed E-state index contributed by atoms with van der Waals surface area (Å²) in [7, 11) is 0. The van der Waals surface area contributed by atoms with Crippen LogP contribution in [-0.4, -0.2) is 44.0 Å². The highest BCUT2D eigenvalue weighted by Crippen LogP contribution is 2.31. The Morgan fingerprint density at radius 3 is 2.74 bits per heavy atom. The van der Waals surface area contributed by atoms with Crippen molar-refractivity contribution in [2.75, 3.05) is 19.8 Å². The summed E-state index contributed by atoms with van der Waals surface area (Å²) in [5, 5.41) is 4.65. The molecule has 2 aliphatic rings. The highest BCUT2D eigenvalue weighted by Gasteiger charge is 2.30. The van der Waals surface area contributed by atoms with Crippen LogP contribution in [0.3, 0.4) is 0 Å². The molecule has 7 heteroatoms. The molecule has 1 atom stereocenters. The van der Waals surface area contributed by atoms with Crippen molar-refractivity contribution in [1.29, 1.82) is 0 Å². The normalized spacial score (nSPS) is 18.7. The van der Waals surface area contributed by atoms with Gasteiger partial charge < -0.3 is 9.30 Å². The maximum atomic E-state index is 14.3. The maximum absolute atomic E-state index is 14.3. The number of hydrogen-bond acceptors (Lipinski definition) is 4. The van der Waals surface area contributed by atoms with E-state index in [0.29, 0.717) is 18.4 Å². The largest absolute Gasteiger partial charge is 0.381 e. The molecule has 2 aromatic heterocycles. The summed E-state index contributed by atoms with van der Waals surface area (Å²) in [6, 6.07) is 7.10. The number of ether oxygens (including phenoxy) is 1. The molecule has 0 spiro atoms. The molecule has 1 fully saturated rings. The Bertz CT molecular complexity index is 1160. The molecule has 3 aromatic rings. The predicted molar refractivity (Wildman–Crippen MR) is 131 cm³/mol. The summed E-state index contributed by atoms with van der Waals surface area (Å²) in [5.41, 5.74) is 6.51. The molecule has 0 bridgehead atoms. The zero-order valence-electron chi connectivity index (χ0n) is 20.9. The summed E-state index contributed by atoms with van der Waals surface area (Å²) >= 11 is 0. The molecule has 1 aromatic carbocycles. The molecule has 6 nitrogen and oxygen atoms in total. The first kappa shape index (κ1) is 23.2. The van der Waals surface area contributed by atoms with Gasteiger partial charge in [-0.1, -0.05) is 13.8 Å². The molecular formula is C27H36FN5O. The van der Waals surface area contributed by atoms with Crippen molar-refractivity contribution >= 4 is 0 Å². The summed E-state index contributed by atoms with van der Waals surface area (Å²) in [4.78, 5) is 7.59. The number of imidazole rings is 1. The Hall–Kier alpha value is -2.51. The van der Waals surface area contributed by atoms with Crippen LogP contribution in [0.15, 0.2) is 24.3 Å². The monoisotopic (exact) mass is 465 g/mol.